The highest BCUT2D eigenvalue weighted by molar-refractivity contribution is 7.89. The minimum absolute atomic E-state index is 0.0346. The van der Waals surface area contributed by atoms with Crippen LogP contribution in [-0.2, 0) is 26.0 Å². The number of anilines is 2. The van der Waals surface area contributed by atoms with Crippen LogP contribution in [-0.4, -0.2) is 43.1 Å². The fraction of sp³-hybridized carbons (Fsp3) is 0.344. The van der Waals surface area contributed by atoms with Gasteiger partial charge in [-0.1, -0.05) is 68.4 Å². The van der Waals surface area contributed by atoms with Gasteiger partial charge >= 0.3 is 12.0 Å². The molecule has 0 saturated heterocycles. The SMILES string of the molecule is CC1(C)C2CCC1(CS(=O)(=O)N[C@H](Cc1ccc(-c3cccc(NC(=O)Nc4ccccc4)c3)cc1)C(=O)O)C(=O)C2. The molecule has 2 aliphatic rings. The van der Waals surface area contributed by atoms with E-state index < -0.39 is 38.6 Å². The minimum atomic E-state index is -4.05. The summed E-state index contributed by atoms with van der Waals surface area (Å²) >= 11 is 0. The van der Waals surface area contributed by atoms with Gasteiger partial charge in [-0.3, -0.25) is 9.59 Å². The van der Waals surface area contributed by atoms with Gasteiger partial charge in [0.15, 0.2) is 0 Å². The molecule has 0 aromatic heterocycles. The number of ketones is 1. The van der Waals surface area contributed by atoms with Crippen LogP contribution in [0.3, 0.4) is 0 Å². The average molecular weight is 590 g/mol. The fourth-order valence-electron chi connectivity index (χ4n) is 6.53. The van der Waals surface area contributed by atoms with Gasteiger partial charge in [0.2, 0.25) is 10.0 Å². The lowest BCUT2D eigenvalue weighted by Crippen LogP contribution is -2.49. The number of fused-ring (bicyclic) bond motifs is 2. The second-order valence-electron chi connectivity index (χ2n) is 11.9. The smallest absolute Gasteiger partial charge is 0.323 e. The number of benzene rings is 3. The number of Topliss-reactive ketones (excluding diaryl/α,β-unsaturated/α-hetero) is 1. The maximum atomic E-state index is 13.2. The Kier molecular flexibility index (Phi) is 7.96. The van der Waals surface area contributed by atoms with Crippen molar-refractivity contribution in [2.75, 3.05) is 16.4 Å². The highest BCUT2D eigenvalue weighted by atomic mass is 32.2. The number of sulfonamides is 1. The lowest BCUT2D eigenvalue weighted by Gasteiger charge is -2.36. The van der Waals surface area contributed by atoms with Crippen molar-refractivity contribution in [3.05, 3.63) is 84.4 Å². The summed E-state index contributed by atoms with van der Waals surface area (Å²) in [6.07, 6.45) is 1.65. The van der Waals surface area contributed by atoms with E-state index >= 15 is 0 Å². The maximum Gasteiger partial charge on any atom is 0.323 e. The number of hydrogen-bond acceptors (Lipinski definition) is 5. The molecule has 2 fully saturated rings. The Morgan fingerprint density at radius 3 is 2.21 bits per heavy atom. The second-order valence-corrected chi connectivity index (χ2v) is 13.6. The monoisotopic (exact) mass is 589 g/mol. The van der Waals surface area contributed by atoms with Crippen molar-refractivity contribution in [2.24, 2.45) is 16.7 Å². The summed E-state index contributed by atoms with van der Waals surface area (Å²) in [5.74, 6) is -1.54. The third-order valence-electron chi connectivity index (χ3n) is 9.07. The Labute approximate surface area is 245 Å². The zero-order valence-electron chi connectivity index (χ0n) is 23.6. The molecular formula is C32H35N3O6S. The van der Waals surface area contributed by atoms with Crippen LogP contribution in [0.2, 0.25) is 0 Å². The van der Waals surface area contributed by atoms with E-state index in [1.54, 1.807) is 30.3 Å². The van der Waals surface area contributed by atoms with Crippen molar-refractivity contribution in [3.63, 3.8) is 0 Å². The fourth-order valence-corrected chi connectivity index (χ4v) is 8.56. The Balaban J connectivity index is 1.24. The van der Waals surface area contributed by atoms with Gasteiger partial charge in [0.05, 0.1) is 5.75 Å². The van der Waals surface area contributed by atoms with Crippen LogP contribution in [0.15, 0.2) is 78.9 Å². The van der Waals surface area contributed by atoms with E-state index in [0.717, 1.165) is 17.5 Å². The first kappa shape index (κ1) is 29.5. The summed E-state index contributed by atoms with van der Waals surface area (Å²) < 4.78 is 28.8. The Hall–Kier alpha value is -4.02. The Morgan fingerprint density at radius 2 is 1.60 bits per heavy atom. The first-order valence-electron chi connectivity index (χ1n) is 14.0. The van der Waals surface area contributed by atoms with Crippen molar-refractivity contribution in [2.45, 2.75) is 45.6 Å². The molecule has 42 heavy (non-hydrogen) atoms. The molecule has 0 heterocycles. The normalized spacial score (nSPS) is 21.6. The van der Waals surface area contributed by atoms with Crippen molar-refractivity contribution in [3.8, 4) is 11.1 Å². The van der Waals surface area contributed by atoms with Crippen LogP contribution < -0.4 is 15.4 Å². The molecule has 3 aromatic rings. The number of hydrogen-bond donors (Lipinski definition) is 4. The zero-order chi connectivity index (χ0) is 30.1. The molecule has 9 nitrogen and oxygen atoms in total. The minimum Gasteiger partial charge on any atom is -0.480 e. The van der Waals surface area contributed by atoms with E-state index in [1.165, 1.54) is 0 Å². The third kappa shape index (κ3) is 5.96. The van der Waals surface area contributed by atoms with Gasteiger partial charge in [0.25, 0.3) is 0 Å². The van der Waals surface area contributed by atoms with Crippen LogP contribution >= 0.6 is 0 Å². The Bertz CT molecular complexity index is 1600. The van der Waals surface area contributed by atoms with E-state index in [1.807, 2.05) is 62.4 Å². The molecule has 2 bridgehead atoms. The summed E-state index contributed by atoms with van der Waals surface area (Å²) in [5, 5.41) is 15.4. The molecular weight excluding hydrogens is 554 g/mol. The zero-order valence-corrected chi connectivity index (χ0v) is 24.4. The van der Waals surface area contributed by atoms with Gasteiger partial charge < -0.3 is 15.7 Å². The van der Waals surface area contributed by atoms with E-state index in [2.05, 4.69) is 15.4 Å². The number of aliphatic carboxylic acids is 1. The molecule has 2 aliphatic carbocycles. The van der Waals surface area contributed by atoms with E-state index in [-0.39, 0.29) is 24.2 Å². The number of amides is 2. The predicted molar refractivity (Wildman–Crippen MR) is 162 cm³/mol. The lowest BCUT2D eigenvalue weighted by molar-refractivity contribution is -0.138. The van der Waals surface area contributed by atoms with E-state index in [9.17, 15) is 27.9 Å². The summed E-state index contributed by atoms with van der Waals surface area (Å²) in [5.41, 5.74) is 2.18. The molecule has 10 heteroatoms. The van der Waals surface area contributed by atoms with Crippen molar-refractivity contribution in [1.29, 1.82) is 0 Å². The molecule has 2 unspecified atom stereocenters. The Morgan fingerprint density at radius 1 is 0.929 bits per heavy atom. The quantitative estimate of drug-likeness (QED) is 0.253. The second kappa shape index (κ2) is 11.3. The summed E-state index contributed by atoms with van der Waals surface area (Å²) in [6, 6.07) is 21.8. The van der Waals surface area contributed by atoms with Gasteiger partial charge in [-0.25, -0.2) is 17.9 Å². The molecule has 3 atom stereocenters. The maximum absolute atomic E-state index is 13.2. The summed E-state index contributed by atoms with van der Waals surface area (Å²) in [4.78, 5) is 37.3. The largest absolute Gasteiger partial charge is 0.480 e. The number of rotatable bonds is 10. The van der Waals surface area contributed by atoms with Crippen LogP contribution in [0, 0.1) is 16.7 Å². The van der Waals surface area contributed by atoms with Crippen molar-refractivity contribution < 1.29 is 27.9 Å². The number of carbonyl (C=O) groups excluding carboxylic acids is 2. The lowest BCUT2D eigenvalue weighted by atomic mass is 9.70. The van der Waals surface area contributed by atoms with Gasteiger partial charge in [0.1, 0.15) is 11.8 Å². The van der Waals surface area contributed by atoms with Gasteiger partial charge in [-0.2, -0.15) is 0 Å². The van der Waals surface area contributed by atoms with Gasteiger partial charge in [-0.15, -0.1) is 0 Å². The molecule has 0 aliphatic heterocycles. The molecule has 0 radical (unpaired) electrons. The van der Waals surface area contributed by atoms with Crippen LogP contribution in [0.25, 0.3) is 11.1 Å². The molecule has 3 aromatic carbocycles. The number of urea groups is 1. The number of para-hydroxylation sites is 1. The first-order chi connectivity index (χ1) is 19.9. The third-order valence-corrected chi connectivity index (χ3v) is 10.6. The van der Waals surface area contributed by atoms with Crippen LogP contribution in [0.4, 0.5) is 16.2 Å². The van der Waals surface area contributed by atoms with E-state index in [4.69, 9.17) is 0 Å². The number of carboxylic acids is 1. The van der Waals surface area contributed by atoms with Gasteiger partial charge in [-0.05, 0) is 71.6 Å². The van der Waals surface area contributed by atoms with Crippen molar-refractivity contribution >= 4 is 39.2 Å². The first-order valence-corrected chi connectivity index (χ1v) is 15.6. The highest BCUT2D eigenvalue weighted by Crippen LogP contribution is 2.64. The summed E-state index contributed by atoms with van der Waals surface area (Å²) in [7, 11) is -4.05. The standard InChI is InChI=1S/C32H35N3O6S/c1-31(2)24-15-16-32(31,28(36)19-24)20-42(40,41)35-27(29(37)38)17-21-11-13-22(14-12-21)23-7-6-10-26(18-23)34-30(39)33-25-8-4-3-5-9-25/h3-14,18,24,27,35H,15-17,19-20H2,1-2H3,(H,37,38)(H2,33,34,39)/t24?,27-,32?/m1/s1. The van der Waals surface area contributed by atoms with Crippen LogP contribution in [0.5, 0.6) is 0 Å². The molecule has 2 amide bonds. The highest BCUT2D eigenvalue weighted by Gasteiger charge is 2.65. The van der Waals surface area contributed by atoms with E-state index in [0.29, 0.717) is 29.8 Å². The number of carboxylic acid groups (broad SMARTS) is 1. The van der Waals surface area contributed by atoms with Crippen LogP contribution in [0.1, 0.15) is 38.7 Å². The van der Waals surface area contributed by atoms with Crippen molar-refractivity contribution in [1.82, 2.24) is 4.72 Å². The van der Waals surface area contributed by atoms with Gasteiger partial charge in [0, 0.05) is 23.2 Å². The summed E-state index contributed by atoms with van der Waals surface area (Å²) in [6.45, 7) is 3.90. The molecule has 2 saturated carbocycles. The number of nitrogens with one attached hydrogen (secondary N) is 3. The number of carbonyl (C=O) groups is 3. The molecule has 5 rings (SSSR count). The molecule has 0 spiro atoms. The molecule has 220 valence electrons. The average Bonchev–Trinajstić information content (AvgIpc) is 3.28. The molecule has 4 N–H and O–H groups in total. The topological polar surface area (TPSA) is 142 Å². The predicted octanol–water partition coefficient (Wildman–Crippen LogP) is 5.31.